The van der Waals surface area contributed by atoms with E-state index in [4.69, 9.17) is 12.2 Å². The Morgan fingerprint density at radius 1 is 1.18 bits per heavy atom. The van der Waals surface area contributed by atoms with Crippen LogP contribution in [-0.2, 0) is 0 Å². The van der Waals surface area contributed by atoms with Crippen molar-refractivity contribution in [3.8, 4) is 0 Å². The van der Waals surface area contributed by atoms with Gasteiger partial charge in [-0.05, 0) is 6.07 Å². The van der Waals surface area contributed by atoms with E-state index in [-0.39, 0.29) is 0 Å². The predicted molar refractivity (Wildman–Crippen MR) is 54.1 cm³/mol. The zero-order chi connectivity index (χ0) is 7.68. The van der Waals surface area contributed by atoms with Crippen molar-refractivity contribution in [1.29, 1.82) is 0 Å². The summed E-state index contributed by atoms with van der Waals surface area (Å²) in [5.41, 5.74) is 0. The molecule has 0 unspecified atom stereocenters. The summed E-state index contributed by atoms with van der Waals surface area (Å²) in [5, 5.41) is 0. The molecule has 1 aliphatic rings. The SMILES string of the molecule is S=c1cc(C2C=CC=C2)ss1. The molecule has 11 heavy (non-hydrogen) atoms. The van der Waals surface area contributed by atoms with Gasteiger partial charge in [0.25, 0.3) is 0 Å². The van der Waals surface area contributed by atoms with E-state index in [1.165, 1.54) is 4.88 Å². The van der Waals surface area contributed by atoms with Crippen molar-refractivity contribution >= 4 is 32.9 Å². The summed E-state index contributed by atoms with van der Waals surface area (Å²) in [5.74, 6) is 0.493. The molecule has 1 heterocycles. The van der Waals surface area contributed by atoms with Gasteiger partial charge in [-0.3, -0.25) is 0 Å². The second-order valence-corrected chi connectivity index (χ2v) is 5.27. The molecule has 0 atom stereocenters. The molecule has 1 aromatic rings. The molecule has 0 amide bonds. The number of hydrogen-bond acceptors (Lipinski definition) is 3. The van der Waals surface area contributed by atoms with Gasteiger partial charge in [0.1, 0.15) is 3.82 Å². The Hall–Kier alpha value is -0.250. The minimum absolute atomic E-state index is 0.493. The minimum atomic E-state index is 0.493. The fourth-order valence-electron chi connectivity index (χ4n) is 1.03. The van der Waals surface area contributed by atoms with Crippen LogP contribution in [0.4, 0.5) is 0 Å². The highest BCUT2D eigenvalue weighted by Crippen LogP contribution is 2.30. The van der Waals surface area contributed by atoms with Crippen molar-refractivity contribution in [1.82, 2.24) is 0 Å². The minimum Gasteiger partial charge on any atom is -0.0827 e. The third-order valence-corrected chi connectivity index (χ3v) is 4.55. The van der Waals surface area contributed by atoms with Gasteiger partial charge < -0.3 is 0 Å². The van der Waals surface area contributed by atoms with Gasteiger partial charge in [0.15, 0.2) is 0 Å². The standard InChI is InChI=1S/C8H6S3/c9-8-5-7(10-11-8)6-3-1-2-4-6/h1-6H. The second-order valence-electron chi connectivity index (χ2n) is 2.33. The largest absolute Gasteiger partial charge is 0.102 e. The van der Waals surface area contributed by atoms with Crippen molar-refractivity contribution in [3.05, 3.63) is 39.1 Å². The summed E-state index contributed by atoms with van der Waals surface area (Å²) in [6.45, 7) is 0. The lowest BCUT2D eigenvalue weighted by atomic mass is 10.1. The van der Waals surface area contributed by atoms with Crippen LogP contribution >= 0.6 is 32.9 Å². The average Bonchev–Trinajstić information content (AvgIpc) is 2.55. The molecule has 0 N–H and O–H groups in total. The van der Waals surface area contributed by atoms with Crippen LogP contribution in [0.25, 0.3) is 0 Å². The maximum absolute atomic E-state index is 5.05. The summed E-state index contributed by atoms with van der Waals surface area (Å²) in [7, 11) is 3.46. The Labute approximate surface area is 77.9 Å². The van der Waals surface area contributed by atoms with Crippen molar-refractivity contribution < 1.29 is 0 Å². The van der Waals surface area contributed by atoms with Crippen LogP contribution in [0.3, 0.4) is 0 Å². The van der Waals surface area contributed by atoms with Crippen molar-refractivity contribution in [2.45, 2.75) is 5.92 Å². The van der Waals surface area contributed by atoms with E-state index in [9.17, 15) is 0 Å². The Kier molecular flexibility index (Phi) is 2.02. The summed E-state index contributed by atoms with van der Waals surface area (Å²) in [6, 6.07) is 2.09. The van der Waals surface area contributed by atoms with E-state index in [2.05, 4.69) is 30.4 Å². The molecule has 1 aliphatic carbocycles. The van der Waals surface area contributed by atoms with Crippen LogP contribution in [0.1, 0.15) is 10.8 Å². The number of allylic oxidation sites excluding steroid dienone is 4. The van der Waals surface area contributed by atoms with Crippen LogP contribution in [0.5, 0.6) is 0 Å². The topological polar surface area (TPSA) is 0 Å². The molecule has 0 radical (unpaired) electrons. The summed E-state index contributed by atoms with van der Waals surface area (Å²) < 4.78 is 0.999. The molecular weight excluding hydrogens is 192 g/mol. The summed E-state index contributed by atoms with van der Waals surface area (Å²) in [6.07, 6.45) is 8.54. The van der Waals surface area contributed by atoms with Gasteiger partial charge in [-0.25, -0.2) is 0 Å². The second kappa shape index (κ2) is 3.01. The van der Waals surface area contributed by atoms with Crippen LogP contribution in [0.15, 0.2) is 30.4 Å². The fourth-order valence-corrected chi connectivity index (χ4v) is 3.55. The zero-order valence-corrected chi connectivity index (χ0v) is 8.14. The quantitative estimate of drug-likeness (QED) is 0.489. The Morgan fingerprint density at radius 2 is 1.91 bits per heavy atom. The van der Waals surface area contributed by atoms with E-state index in [1.54, 1.807) is 20.7 Å². The lowest BCUT2D eigenvalue weighted by molar-refractivity contribution is 1.15. The lowest BCUT2D eigenvalue weighted by Gasteiger charge is -1.97. The fraction of sp³-hybridized carbons (Fsp3) is 0.125. The first-order chi connectivity index (χ1) is 5.36. The maximum Gasteiger partial charge on any atom is 0.102 e. The molecule has 2 rings (SSSR count). The van der Waals surface area contributed by atoms with Gasteiger partial charge in [0.05, 0.1) is 0 Å². The average molecular weight is 198 g/mol. The van der Waals surface area contributed by atoms with Crippen LogP contribution < -0.4 is 0 Å². The zero-order valence-electron chi connectivity index (χ0n) is 5.69. The van der Waals surface area contributed by atoms with Gasteiger partial charge in [-0.15, -0.1) is 0 Å². The Morgan fingerprint density at radius 3 is 2.45 bits per heavy atom. The molecule has 0 nitrogen and oxygen atoms in total. The van der Waals surface area contributed by atoms with Gasteiger partial charge >= 0.3 is 0 Å². The Bertz CT molecular complexity index is 341. The molecule has 0 fully saturated rings. The van der Waals surface area contributed by atoms with Gasteiger partial charge in [-0.1, -0.05) is 57.2 Å². The first-order valence-corrected chi connectivity index (χ1v) is 5.87. The lowest BCUT2D eigenvalue weighted by Crippen LogP contribution is -1.80. The molecule has 0 aliphatic heterocycles. The molecule has 0 aromatic carbocycles. The van der Waals surface area contributed by atoms with Crippen LogP contribution in [0.2, 0.25) is 0 Å². The molecule has 0 spiro atoms. The van der Waals surface area contributed by atoms with E-state index >= 15 is 0 Å². The van der Waals surface area contributed by atoms with Crippen molar-refractivity contribution in [3.63, 3.8) is 0 Å². The molecule has 0 saturated heterocycles. The van der Waals surface area contributed by atoms with E-state index in [0.29, 0.717) is 5.92 Å². The smallest absolute Gasteiger partial charge is 0.0827 e. The molecule has 1 aromatic heterocycles. The molecule has 56 valence electrons. The van der Waals surface area contributed by atoms with E-state index in [1.807, 2.05) is 0 Å². The van der Waals surface area contributed by atoms with Crippen molar-refractivity contribution in [2.75, 3.05) is 0 Å². The third-order valence-electron chi connectivity index (χ3n) is 1.56. The summed E-state index contributed by atoms with van der Waals surface area (Å²) >= 11 is 5.05. The highest BCUT2D eigenvalue weighted by atomic mass is 32.9. The molecular formula is C8H6S3. The monoisotopic (exact) mass is 198 g/mol. The molecule has 0 saturated carbocycles. The first-order valence-electron chi connectivity index (χ1n) is 3.31. The van der Waals surface area contributed by atoms with Crippen molar-refractivity contribution in [2.24, 2.45) is 0 Å². The van der Waals surface area contributed by atoms with Crippen LogP contribution in [0, 0.1) is 3.82 Å². The van der Waals surface area contributed by atoms with Gasteiger partial charge in [0.2, 0.25) is 0 Å². The highest BCUT2D eigenvalue weighted by Gasteiger charge is 2.07. The normalized spacial score (nSPS) is 16.4. The third kappa shape index (κ3) is 1.50. The first kappa shape index (κ1) is 7.40. The molecule has 3 heteroatoms. The number of rotatable bonds is 1. The molecule has 0 bridgehead atoms. The van der Waals surface area contributed by atoms with Crippen LogP contribution in [-0.4, -0.2) is 0 Å². The van der Waals surface area contributed by atoms with E-state index < -0.39 is 0 Å². The number of hydrogen-bond donors (Lipinski definition) is 0. The van der Waals surface area contributed by atoms with Gasteiger partial charge in [-0.2, -0.15) is 0 Å². The van der Waals surface area contributed by atoms with E-state index in [0.717, 1.165) is 3.82 Å². The van der Waals surface area contributed by atoms with Gasteiger partial charge in [0, 0.05) is 10.8 Å². The summed E-state index contributed by atoms with van der Waals surface area (Å²) in [4.78, 5) is 1.37. The highest BCUT2D eigenvalue weighted by molar-refractivity contribution is 7.79. The Balaban J connectivity index is 2.36. The predicted octanol–water partition coefficient (Wildman–Crippen LogP) is 3.75. The maximum atomic E-state index is 5.05.